The first kappa shape index (κ1) is 22.7. The van der Waals surface area contributed by atoms with Crippen LogP contribution in [0.15, 0.2) is 77.7 Å². The fourth-order valence-corrected chi connectivity index (χ4v) is 4.46. The zero-order chi connectivity index (χ0) is 23.4. The Balaban J connectivity index is 1.37. The molecule has 0 aliphatic carbocycles. The SMILES string of the molecule is Cc1cccc(NC(=O)COc2ccc(/C=C3\SC(=S)N(c4ccc(F)cc4)C3=O)cc2)c1. The smallest absolute Gasteiger partial charge is 0.270 e. The van der Waals surface area contributed by atoms with Crippen LogP contribution in [0.25, 0.3) is 6.08 Å². The van der Waals surface area contributed by atoms with Crippen LogP contribution in [-0.2, 0) is 9.59 Å². The van der Waals surface area contributed by atoms with Gasteiger partial charge in [0.2, 0.25) is 0 Å². The zero-order valence-corrected chi connectivity index (χ0v) is 19.2. The van der Waals surface area contributed by atoms with E-state index in [1.807, 2.05) is 31.2 Å². The highest BCUT2D eigenvalue weighted by molar-refractivity contribution is 8.27. The van der Waals surface area contributed by atoms with Crippen LogP contribution in [0.2, 0.25) is 0 Å². The van der Waals surface area contributed by atoms with Crippen LogP contribution < -0.4 is 15.0 Å². The number of benzene rings is 3. The summed E-state index contributed by atoms with van der Waals surface area (Å²) in [6.07, 6.45) is 1.73. The van der Waals surface area contributed by atoms with Crippen LogP contribution in [-0.4, -0.2) is 22.7 Å². The number of carbonyl (C=O) groups excluding carboxylic acids is 2. The first-order chi connectivity index (χ1) is 15.9. The Kier molecular flexibility index (Phi) is 6.86. The van der Waals surface area contributed by atoms with Gasteiger partial charge in [0.05, 0.1) is 10.6 Å². The van der Waals surface area contributed by atoms with Gasteiger partial charge in [-0.2, -0.15) is 0 Å². The van der Waals surface area contributed by atoms with Crippen LogP contribution >= 0.6 is 24.0 Å². The number of rotatable bonds is 6. The molecule has 8 heteroatoms. The standard InChI is InChI=1S/C25H19FN2O3S2/c1-16-3-2-4-19(13-16)27-23(29)15-31-21-11-5-17(6-12-21)14-22-24(30)28(25(32)33-22)20-9-7-18(26)8-10-20/h2-14H,15H2,1H3,(H,27,29)/b22-14-. The van der Waals surface area contributed by atoms with Gasteiger partial charge in [0.1, 0.15) is 11.6 Å². The maximum absolute atomic E-state index is 13.2. The van der Waals surface area contributed by atoms with Gasteiger partial charge in [0, 0.05) is 5.69 Å². The summed E-state index contributed by atoms with van der Waals surface area (Å²) in [6.45, 7) is 1.83. The molecule has 1 aliphatic rings. The number of amides is 2. The van der Waals surface area contributed by atoms with Crippen LogP contribution in [0, 0.1) is 12.7 Å². The van der Waals surface area contributed by atoms with E-state index in [9.17, 15) is 14.0 Å². The van der Waals surface area contributed by atoms with Crippen molar-refractivity contribution in [2.75, 3.05) is 16.8 Å². The first-order valence-electron chi connectivity index (χ1n) is 10.0. The Hall–Kier alpha value is -3.49. The van der Waals surface area contributed by atoms with Crippen molar-refractivity contribution in [3.8, 4) is 5.75 Å². The van der Waals surface area contributed by atoms with E-state index in [4.69, 9.17) is 17.0 Å². The Morgan fingerprint density at radius 2 is 1.85 bits per heavy atom. The van der Waals surface area contributed by atoms with Crippen molar-refractivity contribution in [2.24, 2.45) is 0 Å². The van der Waals surface area contributed by atoms with Gasteiger partial charge < -0.3 is 10.1 Å². The Labute approximate surface area is 200 Å². The maximum atomic E-state index is 13.2. The molecule has 0 bridgehead atoms. The topological polar surface area (TPSA) is 58.6 Å². The second kappa shape index (κ2) is 9.97. The second-order valence-electron chi connectivity index (χ2n) is 7.27. The Morgan fingerprint density at radius 1 is 1.12 bits per heavy atom. The average Bonchev–Trinajstić information content (AvgIpc) is 3.07. The third-order valence-corrected chi connectivity index (χ3v) is 6.03. The molecular formula is C25H19FN2O3S2. The van der Waals surface area contributed by atoms with Crippen molar-refractivity contribution in [1.29, 1.82) is 0 Å². The highest BCUT2D eigenvalue weighted by Crippen LogP contribution is 2.36. The fraction of sp³-hybridized carbons (Fsp3) is 0.0800. The van der Waals surface area contributed by atoms with Crippen molar-refractivity contribution in [3.63, 3.8) is 0 Å². The molecule has 0 radical (unpaired) electrons. The molecule has 1 fully saturated rings. The van der Waals surface area contributed by atoms with E-state index in [0.29, 0.717) is 20.7 Å². The number of anilines is 2. The third-order valence-electron chi connectivity index (χ3n) is 4.73. The van der Waals surface area contributed by atoms with Crippen LogP contribution in [0.3, 0.4) is 0 Å². The molecule has 33 heavy (non-hydrogen) atoms. The van der Waals surface area contributed by atoms with Gasteiger partial charge in [0.15, 0.2) is 10.9 Å². The molecule has 0 unspecified atom stereocenters. The lowest BCUT2D eigenvalue weighted by Crippen LogP contribution is -2.27. The number of hydrogen-bond acceptors (Lipinski definition) is 5. The fourth-order valence-electron chi connectivity index (χ4n) is 3.16. The van der Waals surface area contributed by atoms with Crippen molar-refractivity contribution in [2.45, 2.75) is 6.92 Å². The predicted octanol–water partition coefficient (Wildman–Crippen LogP) is 5.56. The van der Waals surface area contributed by atoms with E-state index in [0.717, 1.165) is 16.8 Å². The molecule has 166 valence electrons. The van der Waals surface area contributed by atoms with E-state index in [1.54, 1.807) is 30.3 Å². The summed E-state index contributed by atoms with van der Waals surface area (Å²) >= 11 is 6.52. The minimum Gasteiger partial charge on any atom is -0.484 e. The predicted molar refractivity (Wildman–Crippen MR) is 134 cm³/mol. The Bertz CT molecular complexity index is 1240. The van der Waals surface area contributed by atoms with E-state index in [2.05, 4.69) is 5.32 Å². The molecule has 2 amide bonds. The number of halogens is 1. The van der Waals surface area contributed by atoms with E-state index in [-0.39, 0.29) is 24.2 Å². The third kappa shape index (κ3) is 5.66. The number of aryl methyl sites for hydroxylation is 1. The van der Waals surface area contributed by atoms with Gasteiger partial charge in [-0.25, -0.2) is 4.39 Å². The normalized spacial score (nSPS) is 14.6. The number of nitrogens with zero attached hydrogens (tertiary/aromatic N) is 1. The molecular weight excluding hydrogens is 459 g/mol. The number of hydrogen-bond donors (Lipinski definition) is 1. The zero-order valence-electron chi connectivity index (χ0n) is 17.6. The molecule has 1 saturated heterocycles. The van der Waals surface area contributed by atoms with E-state index >= 15 is 0 Å². The average molecular weight is 479 g/mol. The van der Waals surface area contributed by atoms with Gasteiger partial charge in [-0.1, -0.05) is 48.2 Å². The second-order valence-corrected chi connectivity index (χ2v) is 8.94. The lowest BCUT2D eigenvalue weighted by Gasteiger charge is -2.14. The molecule has 5 nitrogen and oxygen atoms in total. The van der Waals surface area contributed by atoms with E-state index < -0.39 is 0 Å². The van der Waals surface area contributed by atoms with Gasteiger partial charge in [-0.05, 0) is 72.7 Å². The molecule has 3 aromatic carbocycles. The van der Waals surface area contributed by atoms with Crippen molar-refractivity contribution in [3.05, 3.63) is 94.6 Å². The van der Waals surface area contributed by atoms with Gasteiger partial charge >= 0.3 is 0 Å². The molecule has 0 atom stereocenters. The lowest BCUT2D eigenvalue weighted by atomic mass is 10.2. The van der Waals surface area contributed by atoms with Crippen LogP contribution in [0.5, 0.6) is 5.75 Å². The molecule has 4 rings (SSSR count). The van der Waals surface area contributed by atoms with Crippen molar-refractivity contribution >= 4 is 57.6 Å². The van der Waals surface area contributed by atoms with Crippen LogP contribution in [0.4, 0.5) is 15.8 Å². The maximum Gasteiger partial charge on any atom is 0.270 e. The monoisotopic (exact) mass is 478 g/mol. The number of thioether (sulfide) groups is 1. The summed E-state index contributed by atoms with van der Waals surface area (Å²) in [6, 6.07) is 20.2. The summed E-state index contributed by atoms with van der Waals surface area (Å²) < 4.78 is 19.1. The summed E-state index contributed by atoms with van der Waals surface area (Å²) in [5.74, 6) is -0.362. The number of nitrogens with one attached hydrogen (secondary N) is 1. The number of ether oxygens (including phenoxy) is 1. The largest absolute Gasteiger partial charge is 0.484 e. The first-order valence-corrected chi connectivity index (χ1v) is 11.2. The van der Waals surface area contributed by atoms with Gasteiger partial charge in [-0.15, -0.1) is 0 Å². The van der Waals surface area contributed by atoms with Gasteiger partial charge in [0.25, 0.3) is 11.8 Å². The lowest BCUT2D eigenvalue weighted by molar-refractivity contribution is -0.118. The summed E-state index contributed by atoms with van der Waals surface area (Å²) in [5.41, 5.74) is 3.08. The molecule has 1 heterocycles. The highest BCUT2D eigenvalue weighted by Gasteiger charge is 2.33. The van der Waals surface area contributed by atoms with Crippen LogP contribution in [0.1, 0.15) is 11.1 Å². The molecule has 1 aliphatic heterocycles. The van der Waals surface area contributed by atoms with E-state index in [1.165, 1.54) is 40.9 Å². The molecule has 3 aromatic rings. The number of thiocarbonyl (C=S) groups is 1. The minimum atomic E-state index is -0.380. The summed E-state index contributed by atoms with van der Waals surface area (Å²) in [5, 5.41) is 2.79. The van der Waals surface area contributed by atoms with Crippen molar-refractivity contribution < 1.29 is 18.7 Å². The molecule has 0 saturated carbocycles. The minimum absolute atomic E-state index is 0.121. The Morgan fingerprint density at radius 3 is 2.55 bits per heavy atom. The quantitative estimate of drug-likeness (QED) is 0.371. The van der Waals surface area contributed by atoms with Crippen molar-refractivity contribution in [1.82, 2.24) is 0 Å². The molecule has 1 N–H and O–H groups in total. The molecule has 0 aromatic heterocycles. The number of carbonyl (C=O) groups is 2. The highest BCUT2D eigenvalue weighted by atomic mass is 32.2. The summed E-state index contributed by atoms with van der Waals surface area (Å²) in [4.78, 5) is 26.8. The molecule has 0 spiro atoms. The summed E-state index contributed by atoms with van der Waals surface area (Å²) in [7, 11) is 0. The van der Waals surface area contributed by atoms with Gasteiger partial charge in [-0.3, -0.25) is 14.5 Å².